The van der Waals surface area contributed by atoms with E-state index in [1.807, 2.05) is 0 Å². The minimum atomic E-state index is -0.823. The Balaban J connectivity index is 4.51. The van der Waals surface area contributed by atoms with Crippen molar-refractivity contribution in [2.45, 2.75) is 66.3 Å². The number of ether oxygens (including phenoxy) is 3. The van der Waals surface area contributed by atoms with E-state index in [1.54, 1.807) is 0 Å². The van der Waals surface area contributed by atoms with Crippen LogP contribution in [0.2, 0.25) is 0 Å². The van der Waals surface area contributed by atoms with Crippen molar-refractivity contribution >= 4 is 0 Å². The van der Waals surface area contributed by atoms with Gasteiger partial charge < -0.3 is 14.2 Å². The molecule has 0 fully saturated rings. The van der Waals surface area contributed by atoms with E-state index >= 15 is 0 Å². The molecule has 0 radical (unpaired) electrons. The lowest BCUT2D eigenvalue weighted by atomic mass is 10.1. The quantitative estimate of drug-likeness (QED) is 0.516. The molecule has 3 heteroatoms. The fourth-order valence-electron chi connectivity index (χ4n) is 1.57. The fourth-order valence-corrected chi connectivity index (χ4v) is 1.57. The highest BCUT2D eigenvalue weighted by atomic mass is 16.9. The highest BCUT2D eigenvalue weighted by Gasteiger charge is 2.34. The zero-order valence-corrected chi connectivity index (χ0v) is 12.3. The van der Waals surface area contributed by atoms with Crippen LogP contribution >= 0.6 is 0 Å². The van der Waals surface area contributed by atoms with E-state index in [9.17, 15) is 0 Å². The molecular weight excluding hydrogens is 216 g/mol. The first kappa shape index (κ1) is 16.9. The molecule has 0 spiro atoms. The molecule has 0 aliphatic carbocycles. The third kappa shape index (κ3) is 7.74. The maximum absolute atomic E-state index is 5.85. The van der Waals surface area contributed by atoms with Crippen molar-refractivity contribution in [2.75, 3.05) is 19.8 Å². The average Bonchev–Trinajstić information content (AvgIpc) is 2.30. The third-order valence-electron chi connectivity index (χ3n) is 2.24. The summed E-state index contributed by atoms with van der Waals surface area (Å²) in [4.78, 5) is 0. The van der Waals surface area contributed by atoms with Crippen LogP contribution < -0.4 is 0 Å². The van der Waals surface area contributed by atoms with Gasteiger partial charge in [-0.05, 0) is 25.2 Å². The van der Waals surface area contributed by atoms with Crippen molar-refractivity contribution in [3.05, 3.63) is 0 Å². The van der Waals surface area contributed by atoms with Gasteiger partial charge in [-0.25, -0.2) is 0 Å². The van der Waals surface area contributed by atoms with E-state index in [1.165, 1.54) is 0 Å². The standard InChI is InChI=1S/C14H30O3/c1-6-9-15-14(12-13(4)5,16-10-7-2)17-11-8-3/h13H,6-12H2,1-5H3. The van der Waals surface area contributed by atoms with Gasteiger partial charge in [0.25, 0.3) is 5.97 Å². The molecule has 0 unspecified atom stereocenters. The summed E-state index contributed by atoms with van der Waals surface area (Å²) < 4.78 is 17.5. The van der Waals surface area contributed by atoms with Gasteiger partial charge in [0.05, 0.1) is 19.8 Å². The van der Waals surface area contributed by atoms with E-state index in [-0.39, 0.29) is 0 Å². The van der Waals surface area contributed by atoms with Gasteiger partial charge >= 0.3 is 0 Å². The monoisotopic (exact) mass is 246 g/mol. The van der Waals surface area contributed by atoms with Gasteiger partial charge in [-0.2, -0.15) is 0 Å². The molecule has 104 valence electrons. The van der Waals surface area contributed by atoms with Crippen molar-refractivity contribution in [2.24, 2.45) is 5.92 Å². The Bertz CT molecular complexity index is 147. The van der Waals surface area contributed by atoms with Crippen molar-refractivity contribution < 1.29 is 14.2 Å². The molecule has 0 aliphatic heterocycles. The van der Waals surface area contributed by atoms with Gasteiger partial charge in [0.2, 0.25) is 0 Å². The summed E-state index contributed by atoms with van der Waals surface area (Å²) in [6, 6.07) is 0. The Hall–Kier alpha value is -0.120. The van der Waals surface area contributed by atoms with Crippen molar-refractivity contribution in [3.63, 3.8) is 0 Å². The molecule has 0 aromatic rings. The van der Waals surface area contributed by atoms with Crippen LogP contribution in [0.1, 0.15) is 60.3 Å². The normalized spacial score (nSPS) is 12.4. The summed E-state index contributed by atoms with van der Waals surface area (Å²) >= 11 is 0. The second-order valence-corrected chi connectivity index (χ2v) is 4.83. The van der Waals surface area contributed by atoms with Crippen molar-refractivity contribution in [1.82, 2.24) is 0 Å². The summed E-state index contributed by atoms with van der Waals surface area (Å²) in [5, 5.41) is 0. The van der Waals surface area contributed by atoms with Crippen LogP contribution in [0.15, 0.2) is 0 Å². The first-order valence-electron chi connectivity index (χ1n) is 7.02. The molecule has 17 heavy (non-hydrogen) atoms. The molecule has 0 rings (SSSR count). The zero-order chi connectivity index (χ0) is 13.1. The summed E-state index contributed by atoms with van der Waals surface area (Å²) in [6.45, 7) is 12.7. The lowest BCUT2D eigenvalue weighted by Crippen LogP contribution is -2.41. The number of rotatable bonds is 11. The molecule has 0 aromatic carbocycles. The van der Waals surface area contributed by atoms with Gasteiger partial charge in [-0.3, -0.25) is 0 Å². The van der Waals surface area contributed by atoms with Gasteiger partial charge in [0, 0.05) is 6.42 Å². The van der Waals surface area contributed by atoms with Crippen molar-refractivity contribution in [3.8, 4) is 0 Å². The molecule has 0 saturated heterocycles. The number of hydrogen-bond donors (Lipinski definition) is 0. The van der Waals surface area contributed by atoms with Crippen LogP contribution in [0.3, 0.4) is 0 Å². The maximum Gasteiger partial charge on any atom is 0.283 e. The predicted molar refractivity (Wildman–Crippen MR) is 70.9 cm³/mol. The first-order chi connectivity index (χ1) is 8.10. The van der Waals surface area contributed by atoms with Crippen LogP contribution in [-0.2, 0) is 14.2 Å². The van der Waals surface area contributed by atoms with Gasteiger partial charge in [0.15, 0.2) is 0 Å². The van der Waals surface area contributed by atoms with E-state index in [0.29, 0.717) is 25.7 Å². The Labute approximate surface area is 107 Å². The van der Waals surface area contributed by atoms with Crippen molar-refractivity contribution in [1.29, 1.82) is 0 Å². The topological polar surface area (TPSA) is 27.7 Å². The molecule has 0 atom stereocenters. The van der Waals surface area contributed by atoms with Crippen LogP contribution in [0.25, 0.3) is 0 Å². The molecule has 0 heterocycles. The number of hydrogen-bond acceptors (Lipinski definition) is 3. The van der Waals surface area contributed by atoms with Gasteiger partial charge in [0.1, 0.15) is 0 Å². The molecule has 0 amide bonds. The summed E-state index contributed by atoms with van der Waals surface area (Å²) in [5.41, 5.74) is 0. The van der Waals surface area contributed by atoms with Crippen LogP contribution in [0.4, 0.5) is 0 Å². The lowest BCUT2D eigenvalue weighted by molar-refractivity contribution is -0.386. The Morgan fingerprint density at radius 3 is 1.35 bits per heavy atom. The second-order valence-electron chi connectivity index (χ2n) is 4.83. The minimum Gasteiger partial charge on any atom is -0.327 e. The third-order valence-corrected chi connectivity index (χ3v) is 2.24. The van der Waals surface area contributed by atoms with E-state index in [0.717, 1.165) is 25.7 Å². The maximum atomic E-state index is 5.85. The molecule has 0 saturated carbocycles. The smallest absolute Gasteiger partial charge is 0.283 e. The molecule has 0 aromatic heterocycles. The molecule has 0 aliphatic rings. The van der Waals surface area contributed by atoms with E-state index < -0.39 is 5.97 Å². The predicted octanol–water partition coefficient (Wildman–Crippen LogP) is 3.97. The highest BCUT2D eigenvalue weighted by Crippen LogP contribution is 2.25. The lowest BCUT2D eigenvalue weighted by Gasteiger charge is -2.34. The van der Waals surface area contributed by atoms with Crippen LogP contribution in [0.5, 0.6) is 0 Å². The van der Waals surface area contributed by atoms with Crippen LogP contribution in [0, 0.1) is 5.92 Å². The minimum absolute atomic E-state index is 0.487. The zero-order valence-electron chi connectivity index (χ0n) is 12.3. The fraction of sp³-hybridized carbons (Fsp3) is 1.00. The first-order valence-corrected chi connectivity index (χ1v) is 7.02. The van der Waals surface area contributed by atoms with E-state index in [4.69, 9.17) is 14.2 Å². The van der Waals surface area contributed by atoms with Crippen LogP contribution in [-0.4, -0.2) is 25.8 Å². The Kier molecular flexibility index (Phi) is 9.79. The summed E-state index contributed by atoms with van der Waals surface area (Å²) in [6.07, 6.45) is 3.72. The Morgan fingerprint density at radius 2 is 1.12 bits per heavy atom. The molecule has 0 N–H and O–H groups in total. The largest absolute Gasteiger partial charge is 0.327 e. The molecule has 3 nitrogen and oxygen atoms in total. The second kappa shape index (κ2) is 9.86. The van der Waals surface area contributed by atoms with E-state index in [2.05, 4.69) is 34.6 Å². The highest BCUT2D eigenvalue weighted by molar-refractivity contribution is 4.62. The summed E-state index contributed by atoms with van der Waals surface area (Å²) in [5.74, 6) is -0.337. The van der Waals surface area contributed by atoms with Gasteiger partial charge in [-0.1, -0.05) is 34.6 Å². The Morgan fingerprint density at radius 1 is 0.765 bits per heavy atom. The average molecular weight is 246 g/mol. The summed E-state index contributed by atoms with van der Waals surface area (Å²) in [7, 11) is 0. The van der Waals surface area contributed by atoms with Gasteiger partial charge in [-0.15, -0.1) is 0 Å². The molecule has 0 bridgehead atoms. The molecular formula is C14H30O3. The SMILES string of the molecule is CCCOC(CC(C)C)(OCCC)OCCC.